The predicted molar refractivity (Wildman–Crippen MR) is 55.3 cm³/mol. The molecule has 0 atom stereocenters. The molecule has 0 unspecified atom stereocenters. The Balaban J connectivity index is 2.66. The highest BCUT2D eigenvalue weighted by molar-refractivity contribution is 9.10. The Morgan fingerprint density at radius 1 is 1.38 bits per heavy atom. The van der Waals surface area contributed by atoms with E-state index in [0.717, 1.165) is 9.99 Å². The molecule has 1 heterocycles. The maximum absolute atomic E-state index is 8.58. The van der Waals surface area contributed by atoms with Gasteiger partial charge in [-0.3, -0.25) is 0 Å². The molecule has 0 saturated carbocycles. The largest absolute Gasteiger partial charge is 0.334 e. The summed E-state index contributed by atoms with van der Waals surface area (Å²) >= 11 is 3.41. The third-order valence-electron chi connectivity index (χ3n) is 1.98. The summed E-state index contributed by atoms with van der Waals surface area (Å²) in [4.78, 5) is 0. The van der Waals surface area contributed by atoms with E-state index in [0.29, 0.717) is 6.54 Å². The monoisotopic (exact) mass is 234 g/mol. The summed E-state index contributed by atoms with van der Waals surface area (Å²) in [6.45, 7) is 0.403. The first-order valence-electron chi connectivity index (χ1n) is 3.92. The first-order chi connectivity index (χ1) is 6.31. The van der Waals surface area contributed by atoms with Gasteiger partial charge >= 0.3 is 0 Å². The van der Waals surface area contributed by atoms with Gasteiger partial charge in [-0.1, -0.05) is 22.0 Å². The lowest BCUT2D eigenvalue weighted by molar-refractivity contribution is 0.874. The molecule has 1 aromatic carbocycles. The lowest BCUT2D eigenvalue weighted by atomic mass is 10.2. The van der Waals surface area contributed by atoms with Gasteiger partial charge in [0, 0.05) is 10.7 Å². The number of nitriles is 1. The quantitative estimate of drug-likeness (QED) is 0.746. The fourth-order valence-corrected chi connectivity index (χ4v) is 1.72. The molecule has 0 radical (unpaired) electrons. The smallest absolute Gasteiger partial charge is 0.110 e. The van der Waals surface area contributed by atoms with Gasteiger partial charge in [0.15, 0.2) is 0 Å². The van der Waals surface area contributed by atoms with Crippen molar-refractivity contribution >= 4 is 26.8 Å². The van der Waals surface area contributed by atoms with E-state index in [-0.39, 0.29) is 0 Å². The van der Waals surface area contributed by atoms with Crippen molar-refractivity contribution in [1.29, 1.82) is 5.26 Å². The van der Waals surface area contributed by atoms with Gasteiger partial charge in [0.1, 0.15) is 6.54 Å². The van der Waals surface area contributed by atoms with Gasteiger partial charge in [-0.05, 0) is 23.6 Å². The summed E-state index contributed by atoms with van der Waals surface area (Å²) in [6.07, 6.45) is 1.93. The van der Waals surface area contributed by atoms with Gasteiger partial charge in [-0.2, -0.15) is 5.26 Å². The van der Waals surface area contributed by atoms with Crippen LogP contribution in [0.1, 0.15) is 0 Å². The third-order valence-corrected chi connectivity index (χ3v) is 2.47. The summed E-state index contributed by atoms with van der Waals surface area (Å²) in [7, 11) is 0. The zero-order valence-electron chi connectivity index (χ0n) is 6.87. The van der Waals surface area contributed by atoms with Crippen molar-refractivity contribution in [3.63, 3.8) is 0 Å². The maximum Gasteiger partial charge on any atom is 0.110 e. The Bertz CT molecular complexity index is 479. The normalized spacial score (nSPS) is 10.2. The van der Waals surface area contributed by atoms with Crippen LogP contribution in [0.15, 0.2) is 34.9 Å². The van der Waals surface area contributed by atoms with E-state index < -0.39 is 0 Å². The minimum atomic E-state index is 0.403. The zero-order valence-corrected chi connectivity index (χ0v) is 8.45. The van der Waals surface area contributed by atoms with Gasteiger partial charge in [0.25, 0.3) is 0 Å². The number of hydrogen-bond donors (Lipinski definition) is 0. The molecule has 13 heavy (non-hydrogen) atoms. The lowest BCUT2D eigenvalue weighted by Gasteiger charge is -1.98. The van der Waals surface area contributed by atoms with Crippen LogP contribution < -0.4 is 0 Å². The minimum Gasteiger partial charge on any atom is -0.334 e. The second-order valence-corrected chi connectivity index (χ2v) is 3.72. The molecule has 2 aromatic rings. The fraction of sp³-hybridized carbons (Fsp3) is 0.100. The predicted octanol–water partition coefficient (Wildman–Crippen LogP) is 2.93. The molecule has 0 aliphatic rings. The summed E-state index contributed by atoms with van der Waals surface area (Å²) in [5.41, 5.74) is 1.09. The van der Waals surface area contributed by atoms with Crippen LogP contribution >= 0.6 is 15.9 Å². The fourth-order valence-electron chi connectivity index (χ4n) is 1.37. The molecule has 3 heteroatoms. The molecular formula is C10H7BrN2. The number of aromatic nitrogens is 1. The van der Waals surface area contributed by atoms with Gasteiger partial charge < -0.3 is 4.57 Å². The van der Waals surface area contributed by atoms with Crippen LogP contribution in [0.4, 0.5) is 0 Å². The van der Waals surface area contributed by atoms with Crippen LogP contribution in [0.3, 0.4) is 0 Å². The van der Waals surface area contributed by atoms with E-state index >= 15 is 0 Å². The van der Waals surface area contributed by atoms with Crippen LogP contribution in [-0.4, -0.2) is 4.57 Å². The minimum absolute atomic E-state index is 0.403. The highest BCUT2D eigenvalue weighted by Gasteiger charge is 1.99. The molecule has 0 aliphatic carbocycles. The van der Waals surface area contributed by atoms with Crippen molar-refractivity contribution in [2.75, 3.05) is 0 Å². The summed E-state index contributed by atoms with van der Waals surface area (Å²) in [5, 5.41) is 9.75. The van der Waals surface area contributed by atoms with Crippen LogP contribution in [0.5, 0.6) is 0 Å². The van der Waals surface area contributed by atoms with Crippen molar-refractivity contribution in [3.8, 4) is 6.07 Å². The van der Waals surface area contributed by atoms with Crippen LogP contribution in [-0.2, 0) is 6.54 Å². The Kier molecular flexibility index (Phi) is 2.07. The molecule has 0 saturated heterocycles. The number of nitrogens with zero attached hydrogens (tertiary/aromatic N) is 2. The summed E-state index contributed by atoms with van der Waals surface area (Å²) < 4.78 is 2.97. The Morgan fingerprint density at radius 3 is 3.00 bits per heavy atom. The Hall–Kier alpha value is -1.27. The van der Waals surface area contributed by atoms with E-state index in [2.05, 4.69) is 22.0 Å². The molecule has 2 nitrogen and oxygen atoms in total. The summed E-state index contributed by atoms with van der Waals surface area (Å²) in [6, 6.07) is 10.2. The topological polar surface area (TPSA) is 28.7 Å². The molecule has 0 bridgehead atoms. The third kappa shape index (κ3) is 1.45. The molecule has 0 amide bonds. The van der Waals surface area contributed by atoms with Crippen molar-refractivity contribution in [2.45, 2.75) is 6.54 Å². The van der Waals surface area contributed by atoms with Gasteiger partial charge in [-0.15, -0.1) is 0 Å². The van der Waals surface area contributed by atoms with Crippen LogP contribution in [0.2, 0.25) is 0 Å². The van der Waals surface area contributed by atoms with Crippen molar-refractivity contribution in [2.24, 2.45) is 0 Å². The zero-order chi connectivity index (χ0) is 9.26. The molecule has 0 aliphatic heterocycles. The van der Waals surface area contributed by atoms with Crippen LogP contribution in [0.25, 0.3) is 10.9 Å². The first kappa shape index (κ1) is 8.33. The molecule has 0 spiro atoms. The highest BCUT2D eigenvalue weighted by atomic mass is 79.9. The van der Waals surface area contributed by atoms with Crippen molar-refractivity contribution in [3.05, 3.63) is 34.9 Å². The average Bonchev–Trinajstić information content (AvgIpc) is 2.49. The second-order valence-electron chi connectivity index (χ2n) is 2.80. The Morgan fingerprint density at radius 2 is 2.23 bits per heavy atom. The number of fused-ring (bicyclic) bond motifs is 1. The van der Waals surface area contributed by atoms with E-state index in [4.69, 9.17) is 5.26 Å². The number of hydrogen-bond acceptors (Lipinski definition) is 1. The standard InChI is InChI=1S/C10H7BrN2/c11-9-2-1-8-3-5-13(6-4-12)10(8)7-9/h1-3,5,7H,6H2. The van der Waals surface area contributed by atoms with E-state index in [1.165, 1.54) is 5.39 Å². The lowest BCUT2D eigenvalue weighted by Crippen LogP contribution is -1.91. The SMILES string of the molecule is N#CCn1ccc2ccc(Br)cc21. The molecule has 1 aromatic heterocycles. The van der Waals surface area contributed by atoms with E-state index in [1.807, 2.05) is 35.0 Å². The first-order valence-corrected chi connectivity index (χ1v) is 4.72. The number of halogens is 1. The highest BCUT2D eigenvalue weighted by Crippen LogP contribution is 2.20. The summed E-state index contributed by atoms with van der Waals surface area (Å²) in [5.74, 6) is 0. The molecule has 0 fully saturated rings. The molecule has 64 valence electrons. The van der Waals surface area contributed by atoms with Crippen LogP contribution in [0, 0.1) is 11.3 Å². The second kappa shape index (κ2) is 3.23. The molecule has 2 rings (SSSR count). The molecule has 0 N–H and O–H groups in total. The van der Waals surface area contributed by atoms with Gasteiger partial charge in [0.05, 0.1) is 11.6 Å². The Labute approximate surface area is 84.5 Å². The maximum atomic E-state index is 8.58. The van der Waals surface area contributed by atoms with Crippen molar-refractivity contribution in [1.82, 2.24) is 4.57 Å². The molecular weight excluding hydrogens is 228 g/mol. The number of benzene rings is 1. The van der Waals surface area contributed by atoms with E-state index in [1.54, 1.807) is 0 Å². The van der Waals surface area contributed by atoms with Crippen molar-refractivity contribution < 1.29 is 0 Å². The van der Waals surface area contributed by atoms with Gasteiger partial charge in [-0.25, -0.2) is 0 Å². The average molecular weight is 235 g/mol. The van der Waals surface area contributed by atoms with E-state index in [9.17, 15) is 0 Å². The van der Waals surface area contributed by atoms with Gasteiger partial charge in [0.2, 0.25) is 0 Å². The number of rotatable bonds is 1.